The van der Waals surface area contributed by atoms with Crippen molar-refractivity contribution in [3.63, 3.8) is 0 Å². The van der Waals surface area contributed by atoms with Gasteiger partial charge in [-0.3, -0.25) is 4.90 Å². The molecule has 0 bridgehead atoms. The van der Waals surface area contributed by atoms with Gasteiger partial charge in [0.15, 0.2) is 0 Å². The van der Waals surface area contributed by atoms with E-state index in [1.807, 2.05) is 12.1 Å². The van der Waals surface area contributed by atoms with Gasteiger partial charge < -0.3 is 10.4 Å². The molecule has 0 spiro atoms. The summed E-state index contributed by atoms with van der Waals surface area (Å²) >= 11 is 0. The number of nitrogens with one attached hydrogen (secondary N) is 1. The smallest absolute Gasteiger partial charge is 0.115 e. The first-order valence-corrected chi connectivity index (χ1v) is 7.80. The minimum atomic E-state index is 0.243. The second-order valence-electron chi connectivity index (χ2n) is 6.85. The summed E-state index contributed by atoms with van der Waals surface area (Å²) in [6.07, 6.45) is 1.11. The van der Waals surface area contributed by atoms with E-state index >= 15 is 0 Å². The Hall–Kier alpha value is -1.06. The average molecular weight is 274 g/mol. The Morgan fingerprint density at radius 3 is 2.60 bits per heavy atom. The number of nitrogens with zero attached hydrogens (tertiary/aromatic N) is 1. The van der Waals surface area contributed by atoms with E-state index in [0.717, 1.165) is 31.3 Å². The number of hydrogen-bond acceptors (Lipinski definition) is 3. The summed E-state index contributed by atoms with van der Waals surface area (Å²) in [6.45, 7) is 10.6. The SMILES string of the molecule is CCC(c1ccc(O)cc1)N1CC2CNCC2C1(C)C. The quantitative estimate of drug-likeness (QED) is 0.889. The van der Waals surface area contributed by atoms with Crippen LogP contribution in [0, 0.1) is 11.8 Å². The summed E-state index contributed by atoms with van der Waals surface area (Å²) in [5, 5.41) is 13.0. The van der Waals surface area contributed by atoms with Crippen LogP contribution in [0.4, 0.5) is 0 Å². The number of rotatable bonds is 3. The molecule has 1 aromatic rings. The van der Waals surface area contributed by atoms with E-state index in [4.69, 9.17) is 0 Å². The van der Waals surface area contributed by atoms with Gasteiger partial charge in [0, 0.05) is 24.7 Å². The molecule has 2 aliphatic heterocycles. The minimum absolute atomic E-state index is 0.243. The molecule has 2 heterocycles. The molecule has 2 aliphatic rings. The first kappa shape index (κ1) is 13.9. The first-order valence-electron chi connectivity index (χ1n) is 7.80. The lowest BCUT2D eigenvalue weighted by molar-refractivity contribution is 0.0859. The Balaban J connectivity index is 1.88. The van der Waals surface area contributed by atoms with Gasteiger partial charge in [-0.25, -0.2) is 0 Å². The Kier molecular flexibility index (Phi) is 3.51. The number of fused-ring (bicyclic) bond motifs is 1. The van der Waals surface area contributed by atoms with Crippen molar-refractivity contribution >= 4 is 0 Å². The first-order chi connectivity index (χ1) is 9.54. The molecule has 3 nitrogen and oxygen atoms in total. The fourth-order valence-corrected chi connectivity index (χ4v) is 4.31. The van der Waals surface area contributed by atoms with Gasteiger partial charge in [-0.2, -0.15) is 0 Å². The maximum absolute atomic E-state index is 9.49. The van der Waals surface area contributed by atoms with Gasteiger partial charge in [-0.05, 0) is 56.3 Å². The van der Waals surface area contributed by atoms with Crippen molar-refractivity contribution in [1.82, 2.24) is 10.2 Å². The van der Waals surface area contributed by atoms with E-state index in [1.165, 1.54) is 12.1 Å². The number of benzene rings is 1. The monoisotopic (exact) mass is 274 g/mol. The molecule has 20 heavy (non-hydrogen) atoms. The molecule has 1 aromatic carbocycles. The predicted octanol–water partition coefficient (Wildman–Crippen LogP) is 2.77. The number of likely N-dealkylation sites (tertiary alicyclic amines) is 1. The summed E-state index contributed by atoms with van der Waals surface area (Å²) in [5.74, 6) is 1.90. The van der Waals surface area contributed by atoms with Crippen molar-refractivity contribution in [2.45, 2.75) is 38.8 Å². The fraction of sp³-hybridized carbons (Fsp3) is 0.647. The van der Waals surface area contributed by atoms with E-state index in [1.54, 1.807) is 0 Å². The highest BCUT2D eigenvalue weighted by molar-refractivity contribution is 5.29. The molecule has 0 aliphatic carbocycles. The lowest BCUT2D eigenvalue weighted by Crippen LogP contribution is -2.46. The normalized spacial score (nSPS) is 30.4. The van der Waals surface area contributed by atoms with Crippen LogP contribution in [0.15, 0.2) is 24.3 Å². The number of phenols is 1. The highest BCUT2D eigenvalue weighted by atomic mass is 16.3. The summed E-state index contributed by atoms with van der Waals surface area (Å²) in [4.78, 5) is 2.69. The molecule has 3 rings (SSSR count). The van der Waals surface area contributed by atoms with Crippen LogP contribution >= 0.6 is 0 Å². The molecular formula is C17H26N2O. The number of hydrogen-bond donors (Lipinski definition) is 2. The van der Waals surface area contributed by atoms with Crippen LogP contribution in [0.3, 0.4) is 0 Å². The summed E-state index contributed by atoms with van der Waals surface area (Å²) < 4.78 is 0. The Bertz CT molecular complexity index is 468. The molecular weight excluding hydrogens is 248 g/mol. The zero-order valence-corrected chi connectivity index (χ0v) is 12.8. The average Bonchev–Trinajstić information content (AvgIpc) is 2.97. The number of phenolic OH excluding ortho intramolecular Hbond substituents is 1. The molecule has 0 amide bonds. The Morgan fingerprint density at radius 2 is 2.00 bits per heavy atom. The van der Waals surface area contributed by atoms with E-state index in [0.29, 0.717) is 11.8 Å². The lowest BCUT2D eigenvalue weighted by Gasteiger charge is -2.41. The highest BCUT2D eigenvalue weighted by Crippen LogP contribution is 2.45. The van der Waals surface area contributed by atoms with E-state index in [-0.39, 0.29) is 5.54 Å². The second-order valence-corrected chi connectivity index (χ2v) is 6.85. The largest absolute Gasteiger partial charge is 0.508 e. The zero-order valence-electron chi connectivity index (χ0n) is 12.8. The fourth-order valence-electron chi connectivity index (χ4n) is 4.31. The van der Waals surface area contributed by atoms with Crippen molar-refractivity contribution in [2.75, 3.05) is 19.6 Å². The molecule has 0 saturated carbocycles. The minimum Gasteiger partial charge on any atom is -0.508 e. The molecule has 2 N–H and O–H groups in total. The third-order valence-corrected chi connectivity index (χ3v) is 5.46. The van der Waals surface area contributed by atoms with Crippen LogP contribution in [0.2, 0.25) is 0 Å². The summed E-state index contributed by atoms with van der Waals surface area (Å²) in [5.41, 5.74) is 1.57. The predicted molar refractivity (Wildman–Crippen MR) is 81.8 cm³/mol. The van der Waals surface area contributed by atoms with Crippen molar-refractivity contribution in [3.8, 4) is 5.75 Å². The summed E-state index contributed by atoms with van der Waals surface area (Å²) in [7, 11) is 0. The summed E-state index contributed by atoms with van der Waals surface area (Å²) in [6, 6.07) is 8.22. The van der Waals surface area contributed by atoms with Crippen LogP contribution in [0.5, 0.6) is 5.75 Å². The standard InChI is InChI=1S/C17H26N2O/c1-4-16(12-5-7-14(20)8-6-12)19-11-13-9-18-10-15(13)17(19,2)3/h5-8,13,15-16,18,20H,4,9-11H2,1-3H3. The molecule has 3 heteroatoms. The van der Waals surface area contributed by atoms with Gasteiger partial charge in [-0.15, -0.1) is 0 Å². The molecule has 0 aromatic heterocycles. The Morgan fingerprint density at radius 1 is 1.30 bits per heavy atom. The van der Waals surface area contributed by atoms with Crippen molar-refractivity contribution < 1.29 is 5.11 Å². The van der Waals surface area contributed by atoms with E-state index in [2.05, 4.69) is 43.1 Å². The maximum Gasteiger partial charge on any atom is 0.115 e. The maximum atomic E-state index is 9.49. The molecule has 3 atom stereocenters. The van der Waals surface area contributed by atoms with Crippen LogP contribution in [-0.2, 0) is 0 Å². The number of aromatic hydroxyl groups is 1. The Labute approximate surface area is 122 Å². The van der Waals surface area contributed by atoms with Crippen LogP contribution in [-0.4, -0.2) is 35.2 Å². The molecule has 2 fully saturated rings. The van der Waals surface area contributed by atoms with Crippen LogP contribution in [0.1, 0.15) is 38.8 Å². The van der Waals surface area contributed by atoms with Gasteiger partial charge in [0.05, 0.1) is 0 Å². The van der Waals surface area contributed by atoms with Gasteiger partial charge in [0.2, 0.25) is 0 Å². The van der Waals surface area contributed by atoms with Crippen LogP contribution in [0.25, 0.3) is 0 Å². The third kappa shape index (κ3) is 2.13. The van der Waals surface area contributed by atoms with E-state index in [9.17, 15) is 5.11 Å². The van der Waals surface area contributed by atoms with Gasteiger partial charge in [0.1, 0.15) is 5.75 Å². The topological polar surface area (TPSA) is 35.5 Å². The second kappa shape index (κ2) is 5.05. The van der Waals surface area contributed by atoms with E-state index < -0.39 is 0 Å². The van der Waals surface area contributed by atoms with Crippen molar-refractivity contribution in [3.05, 3.63) is 29.8 Å². The molecule has 110 valence electrons. The lowest BCUT2D eigenvalue weighted by atomic mass is 9.84. The zero-order chi connectivity index (χ0) is 14.3. The molecule has 3 unspecified atom stereocenters. The van der Waals surface area contributed by atoms with Gasteiger partial charge >= 0.3 is 0 Å². The van der Waals surface area contributed by atoms with Crippen LogP contribution < -0.4 is 5.32 Å². The van der Waals surface area contributed by atoms with Gasteiger partial charge in [-0.1, -0.05) is 19.1 Å². The molecule has 0 radical (unpaired) electrons. The van der Waals surface area contributed by atoms with Gasteiger partial charge in [0.25, 0.3) is 0 Å². The highest BCUT2D eigenvalue weighted by Gasteiger charge is 2.51. The third-order valence-electron chi connectivity index (χ3n) is 5.46. The van der Waals surface area contributed by atoms with Crippen molar-refractivity contribution in [2.24, 2.45) is 11.8 Å². The van der Waals surface area contributed by atoms with Crippen molar-refractivity contribution in [1.29, 1.82) is 0 Å². The molecule has 2 saturated heterocycles.